The van der Waals surface area contributed by atoms with Crippen molar-refractivity contribution < 1.29 is 14.8 Å². The van der Waals surface area contributed by atoms with Crippen LogP contribution < -0.4 is 5.32 Å². The lowest BCUT2D eigenvalue weighted by molar-refractivity contribution is -0.386. The summed E-state index contributed by atoms with van der Waals surface area (Å²) in [6, 6.07) is 2.45. The summed E-state index contributed by atoms with van der Waals surface area (Å²) in [4.78, 5) is 21.4. The van der Waals surface area contributed by atoms with Crippen molar-refractivity contribution >= 4 is 27.7 Å². The number of nitro benzene ring substituents is 1. The number of carboxylic acid groups (broad SMARTS) is 1. The minimum atomic E-state index is -1.24. The van der Waals surface area contributed by atoms with Gasteiger partial charge < -0.3 is 10.4 Å². The van der Waals surface area contributed by atoms with E-state index in [1.807, 2.05) is 0 Å². The maximum Gasteiger partial charge on any atom is 0.405 e. The number of allylic oxidation sites excluding steroid dienone is 1. The van der Waals surface area contributed by atoms with Gasteiger partial charge in [-0.05, 0) is 26.0 Å². The molecular formula is C12H13BrN2O4. The van der Waals surface area contributed by atoms with Gasteiger partial charge in [0.15, 0.2) is 0 Å². The summed E-state index contributed by atoms with van der Waals surface area (Å²) in [6.07, 6.45) is 1.96. The maximum absolute atomic E-state index is 11.2. The molecule has 0 bridgehead atoms. The van der Waals surface area contributed by atoms with Gasteiger partial charge in [0, 0.05) is 10.0 Å². The number of nitrogens with one attached hydrogen (secondary N) is 1. The number of carbonyl (C=O) groups is 1. The van der Waals surface area contributed by atoms with E-state index >= 15 is 0 Å². The smallest absolute Gasteiger partial charge is 0.405 e. The van der Waals surface area contributed by atoms with Gasteiger partial charge in [0.1, 0.15) is 0 Å². The van der Waals surface area contributed by atoms with E-state index in [2.05, 4.69) is 21.2 Å². The Kier molecular flexibility index (Phi) is 5.05. The van der Waals surface area contributed by atoms with Crippen LogP contribution in [-0.4, -0.2) is 16.1 Å². The Labute approximate surface area is 118 Å². The molecule has 0 radical (unpaired) electrons. The zero-order chi connectivity index (χ0) is 14.6. The molecule has 0 saturated carbocycles. The number of hydrogen-bond acceptors (Lipinski definition) is 3. The Morgan fingerprint density at radius 2 is 2.21 bits per heavy atom. The van der Waals surface area contributed by atoms with Crippen molar-refractivity contribution in [3.8, 4) is 0 Å². The summed E-state index contributed by atoms with van der Waals surface area (Å²) in [5.41, 5.74) is 0.682. The van der Waals surface area contributed by atoms with E-state index in [0.29, 0.717) is 15.6 Å². The number of hydrogen-bond donors (Lipinski definition) is 2. The van der Waals surface area contributed by atoms with Crippen molar-refractivity contribution in [3.05, 3.63) is 50.0 Å². The third-order valence-corrected chi connectivity index (χ3v) is 3.44. The fourth-order valence-corrected chi connectivity index (χ4v) is 2.06. The molecule has 0 aliphatic heterocycles. The Morgan fingerprint density at radius 1 is 1.58 bits per heavy atom. The second-order valence-corrected chi connectivity index (χ2v) is 4.67. The van der Waals surface area contributed by atoms with Crippen LogP contribution in [0.2, 0.25) is 0 Å². The van der Waals surface area contributed by atoms with Gasteiger partial charge in [0.25, 0.3) is 5.69 Å². The Balaban J connectivity index is 3.41. The van der Waals surface area contributed by atoms with Crippen molar-refractivity contribution in [2.24, 2.45) is 0 Å². The van der Waals surface area contributed by atoms with Crippen LogP contribution in [0.1, 0.15) is 24.1 Å². The van der Waals surface area contributed by atoms with E-state index in [9.17, 15) is 14.9 Å². The Morgan fingerprint density at radius 3 is 2.68 bits per heavy atom. The van der Waals surface area contributed by atoms with Crippen LogP contribution in [0.5, 0.6) is 0 Å². The first-order valence-electron chi connectivity index (χ1n) is 5.44. The molecule has 1 unspecified atom stereocenters. The van der Waals surface area contributed by atoms with E-state index in [1.54, 1.807) is 32.1 Å². The van der Waals surface area contributed by atoms with Gasteiger partial charge in [-0.3, -0.25) is 10.1 Å². The first kappa shape index (κ1) is 15.2. The minimum Gasteiger partial charge on any atom is -0.465 e. The number of amides is 1. The zero-order valence-electron chi connectivity index (χ0n) is 10.4. The van der Waals surface area contributed by atoms with Crippen molar-refractivity contribution in [3.63, 3.8) is 0 Å². The molecule has 0 spiro atoms. The molecule has 1 amide bonds. The van der Waals surface area contributed by atoms with Gasteiger partial charge in [-0.1, -0.05) is 28.1 Å². The van der Waals surface area contributed by atoms with E-state index in [4.69, 9.17) is 5.11 Å². The molecule has 1 aromatic carbocycles. The normalized spacial score (nSPS) is 12.4. The van der Waals surface area contributed by atoms with E-state index in [0.717, 1.165) is 0 Å². The van der Waals surface area contributed by atoms with E-state index in [1.165, 1.54) is 6.07 Å². The van der Waals surface area contributed by atoms with Crippen LogP contribution >= 0.6 is 15.9 Å². The molecule has 0 heterocycles. The lowest BCUT2D eigenvalue weighted by Crippen LogP contribution is -2.26. The van der Waals surface area contributed by atoms with Crippen LogP contribution in [0.15, 0.2) is 28.8 Å². The van der Waals surface area contributed by atoms with Crippen LogP contribution in [-0.2, 0) is 0 Å². The topological polar surface area (TPSA) is 92.5 Å². The maximum atomic E-state index is 11.2. The summed E-state index contributed by atoms with van der Waals surface area (Å²) in [7, 11) is 0. The summed E-state index contributed by atoms with van der Waals surface area (Å²) in [6.45, 7) is 3.33. The lowest BCUT2D eigenvalue weighted by Gasteiger charge is -2.15. The van der Waals surface area contributed by atoms with Crippen LogP contribution in [0, 0.1) is 17.0 Å². The van der Waals surface area contributed by atoms with Crippen LogP contribution in [0.4, 0.5) is 10.5 Å². The van der Waals surface area contributed by atoms with Crippen LogP contribution in [0.3, 0.4) is 0 Å². The predicted octanol–water partition coefficient (Wildman–Crippen LogP) is 3.55. The molecule has 1 atom stereocenters. The SMILES string of the molecule is CC=CC(NC(=O)O)c1ccc(Br)c(C)c1[N+](=O)[O-]. The molecule has 0 aliphatic rings. The minimum absolute atomic E-state index is 0.0915. The summed E-state index contributed by atoms with van der Waals surface area (Å²) < 4.78 is 0.609. The highest BCUT2D eigenvalue weighted by atomic mass is 79.9. The number of nitrogens with zero attached hydrogens (tertiary/aromatic N) is 1. The molecule has 2 N–H and O–H groups in total. The molecule has 19 heavy (non-hydrogen) atoms. The fourth-order valence-electron chi connectivity index (χ4n) is 1.74. The van der Waals surface area contributed by atoms with Gasteiger partial charge in [-0.15, -0.1) is 0 Å². The number of benzene rings is 1. The van der Waals surface area contributed by atoms with Gasteiger partial charge in [-0.25, -0.2) is 4.79 Å². The molecule has 1 aromatic rings. The van der Waals surface area contributed by atoms with Gasteiger partial charge in [0.2, 0.25) is 0 Å². The Hall–Kier alpha value is -1.89. The number of rotatable bonds is 4. The summed E-state index contributed by atoms with van der Waals surface area (Å²) >= 11 is 3.23. The number of nitro groups is 1. The molecule has 0 fully saturated rings. The van der Waals surface area contributed by atoms with Crippen molar-refractivity contribution in [1.82, 2.24) is 5.32 Å². The quantitative estimate of drug-likeness (QED) is 0.502. The van der Waals surface area contributed by atoms with Gasteiger partial charge >= 0.3 is 6.09 Å². The molecule has 7 heteroatoms. The highest BCUT2D eigenvalue weighted by molar-refractivity contribution is 9.10. The third kappa shape index (κ3) is 3.54. The lowest BCUT2D eigenvalue weighted by atomic mass is 10.0. The average Bonchev–Trinajstić information content (AvgIpc) is 2.30. The second kappa shape index (κ2) is 6.33. The van der Waals surface area contributed by atoms with Gasteiger partial charge in [-0.2, -0.15) is 0 Å². The highest BCUT2D eigenvalue weighted by Crippen LogP contribution is 2.33. The fraction of sp³-hybridized carbons (Fsp3) is 0.250. The first-order valence-corrected chi connectivity index (χ1v) is 6.23. The second-order valence-electron chi connectivity index (χ2n) is 3.82. The highest BCUT2D eigenvalue weighted by Gasteiger charge is 2.25. The monoisotopic (exact) mass is 328 g/mol. The molecule has 6 nitrogen and oxygen atoms in total. The largest absolute Gasteiger partial charge is 0.465 e. The molecular weight excluding hydrogens is 316 g/mol. The van der Waals surface area contributed by atoms with E-state index in [-0.39, 0.29) is 5.69 Å². The van der Waals surface area contributed by atoms with Crippen molar-refractivity contribution in [2.75, 3.05) is 0 Å². The Bertz CT molecular complexity index is 543. The van der Waals surface area contributed by atoms with Gasteiger partial charge in [0.05, 0.1) is 16.5 Å². The molecule has 0 saturated heterocycles. The predicted molar refractivity (Wildman–Crippen MR) is 74.2 cm³/mol. The third-order valence-electron chi connectivity index (χ3n) is 2.58. The van der Waals surface area contributed by atoms with Crippen LogP contribution in [0.25, 0.3) is 0 Å². The first-order chi connectivity index (χ1) is 8.88. The standard InChI is InChI=1S/C12H13BrN2O4/c1-3-4-10(14-12(16)17)8-5-6-9(13)7(2)11(8)15(18)19/h3-6,10,14H,1-2H3,(H,16,17). The van der Waals surface area contributed by atoms with E-state index < -0.39 is 17.1 Å². The van der Waals surface area contributed by atoms with Crippen molar-refractivity contribution in [1.29, 1.82) is 0 Å². The zero-order valence-corrected chi connectivity index (χ0v) is 12.0. The van der Waals surface area contributed by atoms with Crippen molar-refractivity contribution in [2.45, 2.75) is 19.9 Å². The molecule has 0 aliphatic carbocycles. The summed E-state index contributed by atoms with van der Waals surface area (Å²) in [5, 5.41) is 22.2. The average molecular weight is 329 g/mol. The summed E-state index contributed by atoms with van der Waals surface area (Å²) in [5.74, 6) is 0. The molecule has 102 valence electrons. The molecule has 0 aromatic heterocycles. The number of halogens is 1. The molecule has 1 rings (SSSR count).